The van der Waals surface area contributed by atoms with Crippen molar-refractivity contribution in [3.63, 3.8) is 0 Å². The van der Waals surface area contributed by atoms with Crippen molar-refractivity contribution in [1.29, 1.82) is 0 Å². The quantitative estimate of drug-likeness (QED) is 0.662. The van der Waals surface area contributed by atoms with Crippen molar-refractivity contribution in [3.8, 4) is 0 Å². The summed E-state index contributed by atoms with van der Waals surface area (Å²) >= 11 is 0. The van der Waals surface area contributed by atoms with Gasteiger partial charge >= 0.3 is 0 Å². The molecule has 4 atom stereocenters. The first-order valence-electron chi connectivity index (χ1n) is 8.08. The molecule has 0 aromatic carbocycles. The monoisotopic (exact) mass is 235 g/mol. The van der Waals surface area contributed by atoms with Crippen LogP contribution in [0, 0.1) is 17.8 Å². The van der Waals surface area contributed by atoms with Crippen LogP contribution in [0.25, 0.3) is 0 Å². The third-order valence-electron chi connectivity index (χ3n) is 5.71. The molecule has 4 unspecified atom stereocenters. The number of nitrogens with zero attached hydrogens (tertiary/aromatic N) is 1. The Hall–Kier alpha value is -0.0400. The first-order chi connectivity index (χ1) is 8.34. The maximum Gasteiger partial charge on any atom is 0.0126 e. The molecule has 0 N–H and O–H groups in total. The standard InChI is InChI=1S/C16H29N/c1-13-10-11-17(12-13)16-9-5-3-7-14-6-2-4-8-15(14)16/h13-16H,2-12H2,1H3. The fraction of sp³-hybridized carbons (Fsp3) is 1.00. The molecular formula is C16H29N. The Morgan fingerprint density at radius 1 is 0.824 bits per heavy atom. The fourth-order valence-electron chi connectivity index (χ4n) is 4.80. The molecule has 1 nitrogen and oxygen atoms in total. The van der Waals surface area contributed by atoms with Crippen LogP contribution in [0.5, 0.6) is 0 Å². The molecule has 3 aliphatic rings. The zero-order valence-electron chi connectivity index (χ0n) is 11.5. The Balaban J connectivity index is 1.71. The van der Waals surface area contributed by atoms with Crippen LogP contribution in [0.4, 0.5) is 0 Å². The van der Waals surface area contributed by atoms with Gasteiger partial charge in [0.2, 0.25) is 0 Å². The van der Waals surface area contributed by atoms with Crippen LogP contribution < -0.4 is 0 Å². The van der Waals surface area contributed by atoms with Crippen molar-refractivity contribution >= 4 is 0 Å². The van der Waals surface area contributed by atoms with E-state index >= 15 is 0 Å². The van der Waals surface area contributed by atoms with Crippen LogP contribution in [0.2, 0.25) is 0 Å². The summed E-state index contributed by atoms with van der Waals surface area (Å²) in [5.41, 5.74) is 0. The number of rotatable bonds is 1. The van der Waals surface area contributed by atoms with E-state index in [9.17, 15) is 0 Å². The molecule has 2 saturated carbocycles. The highest BCUT2D eigenvalue weighted by molar-refractivity contribution is 4.91. The zero-order valence-corrected chi connectivity index (χ0v) is 11.5. The first-order valence-corrected chi connectivity index (χ1v) is 8.08. The van der Waals surface area contributed by atoms with Gasteiger partial charge in [-0.25, -0.2) is 0 Å². The molecule has 3 rings (SSSR count). The summed E-state index contributed by atoms with van der Waals surface area (Å²) in [4.78, 5) is 2.87. The van der Waals surface area contributed by atoms with Crippen molar-refractivity contribution in [1.82, 2.24) is 4.90 Å². The molecule has 0 amide bonds. The van der Waals surface area contributed by atoms with Crippen LogP contribution >= 0.6 is 0 Å². The molecule has 1 aliphatic heterocycles. The van der Waals surface area contributed by atoms with E-state index in [4.69, 9.17) is 0 Å². The molecule has 0 aromatic heterocycles. The first kappa shape index (κ1) is 12.0. The van der Waals surface area contributed by atoms with E-state index in [1.807, 2.05) is 0 Å². The average molecular weight is 235 g/mol. The van der Waals surface area contributed by atoms with E-state index in [2.05, 4.69) is 11.8 Å². The summed E-state index contributed by atoms with van der Waals surface area (Å²) in [6.45, 7) is 5.23. The van der Waals surface area contributed by atoms with E-state index in [0.29, 0.717) is 0 Å². The second kappa shape index (κ2) is 5.30. The van der Waals surface area contributed by atoms with Gasteiger partial charge in [-0.05, 0) is 43.6 Å². The van der Waals surface area contributed by atoms with E-state index in [1.165, 1.54) is 51.6 Å². The SMILES string of the molecule is CC1CCN(C2CCCCC3CCCCC32)C1. The molecule has 1 saturated heterocycles. The fourth-order valence-corrected chi connectivity index (χ4v) is 4.80. The number of likely N-dealkylation sites (tertiary alicyclic amines) is 1. The van der Waals surface area contributed by atoms with Gasteiger partial charge in [-0.2, -0.15) is 0 Å². The molecule has 0 radical (unpaired) electrons. The maximum atomic E-state index is 2.87. The lowest BCUT2D eigenvalue weighted by molar-refractivity contribution is 0.0965. The lowest BCUT2D eigenvalue weighted by atomic mass is 9.74. The Kier molecular flexibility index (Phi) is 3.75. The van der Waals surface area contributed by atoms with Gasteiger partial charge in [-0.3, -0.25) is 4.90 Å². The van der Waals surface area contributed by atoms with Crippen molar-refractivity contribution in [3.05, 3.63) is 0 Å². The van der Waals surface area contributed by atoms with Gasteiger partial charge in [0.1, 0.15) is 0 Å². The number of hydrogen-bond acceptors (Lipinski definition) is 1. The second-order valence-corrected chi connectivity index (χ2v) is 6.95. The summed E-state index contributed by atoms with van der Waals surface area (Å²) < 4.78 is 0. The van der Waals surface area contributed by atoms with Gasteiger partial charge in [-0.15, -0.1) is 0 Å². The molecule has 0 aromatic rings. The molecule has 3 fully saturated rings. The van der Waals surface area contributed by atoms with Gasteiger partial charge in [0.25, 0.3) is 0 Å². The largest absolute Gasteiger partial charge is 0.300 e. The summed E-state index contributed by atoms with van der Waals surface area (Å²) in [7, 11) is 0. The highest BCUT2D eigenvalue weighted by Gasteiger charge is 2.37. The van der Waals surface area contributed by atoms with Crippen molar-refractivity contribution in [2.24, 2.45) is 17.8 Å². The molecule has 1 heteroatoms. The smallest absolute Gasteiger partial charge is 0.0126 e. The van der Waals surface area contributed by atoms with Crippen LogP contribution in [0.3, 0.4) is 0 Å². The third-order valence-corrected chi connectivity index (χ3v) is 5.71. The molecule has 1 heterocycles. The molecule has 0 spiro atoms. The Morgan fingerprint density at radius 2 is 1.53 bits per heavy atom. The number of fused-ring (bicyclic) bond motifs is 1. The summed E-state index contributed by atoms with van der Waals surface area (Å²) in [5, 5.41) is 0. The third kappa shape index (κ3) is 2.54. The Morgan fingerprint density at radius 3 is 2.24 bits per heavy atom. The predicted octanol–water partition coefficient (Wildman–Crippen LogP) is 4.08. The van der Waals surface area contributed by atoms with Crippen molar-refractivity contribution < 1.29 is 0 Å². The summed E-state index contributed by atoms with van der Waals surface area (Å²) in [5.74, 6) is 3.11. The van der Waals surface area contributed by atoms with Gasteiger partial charge < -0.3 is 0 Å². The zero-order chi connectivity index (χ0) is 11.7. The van der Waals surface area contributed by atoms with Gasteiger partial charge in [0, 0.05) is 12.6 Å². The average Bonchev–Trinajstić information content (AvgIpc) is 2.66. The maximum absolute atomic E-state index is 2.87. The predicted molar refractivity (Wildman–Crippen MR) is 73.1 cm³/mol. The van der Waals surface area contributed by atoms with Crippen molar-refractivity contribution in [2.45, 2.75) is 70.8 Å². The Labute approximate surface area is 107 Å². The van der Waals surface area contributed by atoms with E-state index in [-0.39, 0.29) is 0 Å². The molecular weight excluding hydrogens is 206 g/mol. The minimum atomic E-state index is 0.959. The van der Waals surface area contributed by atoms with Crippen LogP contribution in [-0.2, 0) is 0 Å². The Bertz CT molecular complexity index is 250. The van der Waals surface area contributed by atoms with E-state index in [0.717, 1.165) is 23.8 Å². The normalized spacial score (nSPS) is 44.3. The lowest BCUT2D eigenvalue weighted by Gasteiger charge is -2.40. The van der Waals surface area contributed by atoms with Crippen LogP contribution in [0.1, 0.15) is 64.7 Å². The summed E-state index contributed by atoms with van der Waals surface area (Å²) in [6.07, 6.45) is 13.6. The van der Waals surface area contributed by atoms with E-state index in [1.54, 1.807) is 19.3 Å². The highest BCUT2D eigenvalue weighted by Crippen LogP contribution is 2.42. The highest BCUT2D eigenvalue weighted by atomic mass is 15.2. The van der Waals surface area contributed by atoms with Crippen LogP contribution in [-0.4, -0.2) is 24.0 Å². The van der Waals surface area contributed by atoms with E-state index < -0.39 is 0 Å². The molecule has 17 heavy (non-hydrogen) atoms. The molecule has 2 aliphatic carbocycles. The van der Waals surface area contributed by atoms with Gasteiger partial charge in [0.05, 0.1) is 0 Å². The minimum absolute atomic E-state index is 0.959. The van der Waals surface area contributed by atoms with Gasteiger partial charge in [0.15, 0.2) is 0 Å². The topological polar surface area (TPSA) is 3.24 Å². The molecule has 0 bridgehead atoms. The lowest BCUT2D eigenvalue weighted by Crippen LogP contribution is -2.42. The minimum Gasteiger partial charge on any atom is -0.300 e. The number of hydrogen-bond donors (Lipinski definition) is 0. The van der Waals surface area contributed by atoms with Gasteiger partial charge in [-0.1, -0.05) is 45.4 Å². The van der Waals surface area contributed by atoms with Crippen LogP contribution in [0.15, 0.2) is 0 Å². The van der Waals surface area contributed by atoms with Crippen molar-refractivity contribution in [2.75, 3.05) is 13.1 Å². The second-order valence-electron chi connectivity index (χ2n) is 6.95. The molecule has 98 valence electrons. The summed E-state index contributed by atoms with van der Waals surface area (Å²) in [6, 6.07) is 0.966.